The number of ether oxygens (including phenoxy) is 1. The van der Waals surface area contributed by atoms with Gasteiger partial charge in [0.25, 0.3) is 5.91 Å². The number of nitrogens with one attached hydrogen (secondary N) is 1. The number of carbonyl (C=O) groups is 1. The minimum absolute atomic E-state index is 0.00245. The summed E-state index contributed by atoms with van der Waals surface area (Å²) in [5, 5.41) is 2.91. The van der Waals surface area contributed by atoms with Gasteiger partial charge < -0.3 is 10.1 Å². The van der Waals surface area contributed by atoms with Crippen molar-refractivity contribution in [2.75, 3.05) is 13.7 Å². The van der Waals surface area contributed by atoms with E-state index in [0.29, 0.717) is 6.61 Å². The van der Waals surface area contributed by atoms with Crippen LogP contribution >= 0.6 is 11.3 Å². The number of methoxy groups -OCH3 is 1. The summed E-state index contributed by atoms with van der Waals surface area (Å²) in [5.41, 5.74) is 1.21. The molecule has 0 aliphatic rings. The average molecular weight is 241 g/mol. The van der Waals surface area contributed by atoms with Crippen molar-refractivity contribution in [1.29, 1.82) is 0 Å². The summed E-state index contributed by atoms with van der Waals surface area (Å²) in [4.78, 5) is 13.9. The van der Waals surface area contributed by atoms with E-state index < -0.39 is 0 Å². The molecule has 0 aliphatic heterocycles. The van der Waals surface area contributed by atoms with Gasteiger partial charge in [0.2, 0.25) is 0 Å². The molecule has 0 radical (unpaired) electrons. The summed E-state index contributed by atoms with van der Waals surface area (Å²) in [7, 11) is 1.63. The van der Waals surface area contributed by atoms with Gasteiger partial charge in [0.15, 0.2) is 0 Å². The molecule has 0 aromatic carbocycles. The molecule has 0 spiro atoms. The van der Waals surface area contributed by atoms with Gasteiger partial charge in [-0.05, 0) is 31.9 Å². The number of amides is 1. The van der Waals surface area contributed by atoms with E-state index in [1.807, 2.05) is 19.9 Å². The van der Waals surface area contributed by atoms with Gasteiger partial charge in [0.05, 0.1) is 11.5 Å². The number of thiophene rings is 1. The average Bonchev–Trinajstić information content (AvgIpc) is 2.60. The third-order valence-corrected chi connectivity index (χ3v) is 3.74. The standard InChI is InChI=1S/C12H19NO2S/c1-5-10-8(2)6-11(16-10)12(14)13-9(3)7-15-4/h6,9H,5,7H2,1-4H3,(H,13,14). The van der Waals surface area contributed by atoms with Crippen molar-refractivity contribution in [3.05, 3.63) is 21.4 Å². The molecule has 1 unspecified atom stereocenters. The Kier molecular flexibility index (Phi) is 4.96. The van der Waals surface area contributed by atoms with Gasteiger partial charge in [-0.3, -0.25) is 4.79 Å². The Morgan fingerprint density at radius 1 is 1.62 bits per heavy atom. The van der Waals surface area contributed by atoms with Crippen LogP contribution in [0.2, 0.25) is 0 Å². The Bertz CT molecular complexity index is 360. The summed E-state index contributed by atoms with van der Waals surface area (Å²) in [6.07, 6.45) is 0.984. The topological polar surface area (TPSA) is 38.3 Å². The quantitative estimate of drug-likeness (QED) is 0.859. The van der Waals surface area contributed by atoms with Crippen molar-refractivity contribution < 1.29 is 9.53 Å². The van der Waals surface area contributed by atoms with Crippen LogP contribution in [0.1, 0.15) is 34.0 Å². The first-order chi connectivity index (χ1) is 7.58. The lowest BCUT2D eigenvalue weighted by Crippen LogP contribution is -2.35. The molecule has 1 aromatic heterocycles. The van der Waals surface area contributed by atoms with E-state index in [9.17, 15) is 4.79 Å². The Balaban J connectivity index is 2.65. The van der Waals surface area contributed by atoms with Crippen molar-refractivity contribution >= 4 is 17.2 Å². The van der Waals surface area contributed by atoms with Crippen molar-refractivity contribution in [1.82, 2.24) is 5.32 Å². The van der Waals surface area contributed by atoms with Crippen LogP contribution in [0.25, 0.3) is 0 Å². The van der Waals surface area contributed by atoms with Crippen LogP contribution in [-0.4, -0.2) is 25.7 Å². The van der Waals surface area contributed by atoms with E-state index in [1.54, 1.807) is 18.4 Å². The highest BCUT2D eigenvalue weighted by Gasteiger charge is 2.13. The summed E-state index contributed by atoms with van der Waals surface area (Å²) >= 11 is 1.57. The predicted octanol–water partition coefficient (Wildman–Crippen LogP) is 2.38. The van der Waals surface area contributed by atoms with E-state index in [1.165, 1.54) is 10.4 Å². The zero-order valence-corrected chi connectivity index (χ0v) is 11.1. The number of carbonyl (C=O) groups excluding carboxylic acids is 1. The van der Waals surface area contributed by atoms with Crippen molar-refractivity contribution in [3.63, 3.8) is 0 Å². The van der Waals surface area contributed by atoms with Crippen LogP contribution < -0.4 is 5.32 Å². The molecule has 0 fully saturated rings. The smallest absolute Gasteiger partial charge is 0.261 e. The van der Waals surface area contributed by atoms with Gasteiger partial charge in [-0.2, -0.15) is 0 Å². The fourth-order valence-electron chi connectivity index (χ4n) is 1.57. The molecule has 1 heterocycles. The molecular formula is C12H19NO2S. The molecule has 0 saturated heterocycles. The van der Waals surface area contributed by atoms with Gasteiger partial charge in [-0.15, -0.1) is 11.3 Å². The molecule has 1 rings (SSSR count). The Hall–Kier alpha value is -0.870. The first-order valence-corrected chi connectivity index (χ1v) is 6.29. The molecule has 0 bridgehead atoms. The van der Waals surface area contributed by atoms with Gasteiger partial charge in [0.1, 0.15) is 0 Å². The highest BCUT2D eigenvalue weighted by molar-refractivity contribution is 7.14. The van der Waals surface area contributed by atoms with Crippen molar-refractivity contribution in [2.24, 2.45) is 0 Å². The summed E-state index contributed by atoms with van der Waals surface area (Å²) in [6.45, 7) is 6.62. The van der Waals surface area contributed by atoms with Crippen LogP contribution in [0.5, 0.6) is 0 Å². The number of rotatable bonds is 5. The monoisotopic (exact) mass is 241 g/mol. The highest BCUT2D eigenvalue weighted by atomic mass is 32.1. The third-order valence-electron chi connectivity index (χ3n) is 2.36. The van der Waals surface area contributed by atoms with E-state index in [4.69, 9.17) is 4.74 Å². The first kappa shape index (κ1) is 13.2. The van der Waals surface area contributed by atoms with Crippen molar-refractivity contribution in [3.8, 4) is 0 Å². The molecule has 0 aliphatic carbocycles. The van der Waals surface area contributed by atoms with Crippen molar-refractivity contribution in [2.45, 2.75) is 33.2 Å². The molecule has 1 aromatic rings. The second kappa shape index (κ2) is 6.01. The van der Waals surface area contributed by atoms with Gasteiger partial charge in [-0.25, -0.2) is 0 Å². The van der Waals surface area contributed by atoms with Crippen LogP contribution in [0.15, 0.2) is 6.07 Å². The highest BCUT2D eigenvalue weighted by Crippen LogP contribution is 2.22. The van der Waals surface area contributed by atoms with Gasteiger partial charge >= 0.3 is 0 Å². The SMILES string of the molecule is CCc1sc(C(=O)NC(C)COC)cc1C. The first-order valence-electron chi connectivity index (χ1n) is 5.47. The third kappa shape index (κ3) is 3.32. The molecule has 4 heteroatoms. The minimum Gasteiger partial charge on any atom is -0.383 e. The van der Waals surface area contributed by atoms with E-state index in [-0.39, 0.29) is 11.9 Å². The lowest BCUT2D eigenvalue weighted by Gasteiger charge is -2.11. The second-order valence-corrected chi connectivity index (χ2v) is 5.04. The minimum atomic E-state index is -0.00245. The maximum absolute atomic E-state index is 11.9. The Labute approximate surface area is 101 Å². The molecule has 16 heavy (non-hydrogen) atoms. The second-order valence-electron chi connectivity index (χ2n) is 3.90. The van der Waals surface area contributed by atoms with Crippen LogP contribution in [0, 0.1) is 6.92 Å². The normalized spacial score (nSPS) is 12.5. The summed E-state index contributed by atoms with van der Waals surface area (Å²) in [6, 6.07) is 2.00. The van der Waals surface area contributed by atoms with Crippen LogP contribution in [0.3, 0.4) is 0 Å². The lowest BCUT2D eigenvalue weighted by atomic mass is 10.2. The maximum Gasteiger partial charge on any atom is 0.261 e. The fraction of sp³-hybridized carbons (Fsp3) is 0.583. The molecule has 1 amide bonds. The predicted molar refractivity (Wildman–Crippen MR) is 67.2 cm³/mol. The Morgan fingerprint density at radius 2 is 2.31 bits per heavy atom. The molecule has 90 valence electrons. The summed E-state index contributed by atoms with van der Waals surface area (Å²) in [5.74, 6) is -0.00245. The largest absolute Gasteiger partial charge is 0.383 e. The zero-order chi connectivity index (χ0) is 12.1. The van der Waals surface area contributed by atoms with E-state index in [0.717, 1.165) is 11.3 Å². The van der Waals surface area contributed by atoms with Crippen LogP contribution in [-0.2, 0) is 11.2 Å². The van der Waals surface area contributed by atoms with Crippen LogP contribution in [0.4, 0.5) is 0 Å². The molecule has 1 atom stereocenters. The number of hydrogen-bond donors (Lipinski definition) is 1. The molecule has 1 N–H and O–H groups in total. The van der Waals surface area contributed by atoms with Gasteiger partial charge in [0, 0.05) is 18.0 Å². The summed E-state index contributed by atoms with van der Waals surface area (Å²) < 4.78 is 4.98. The Morgan fingerprint density at radius 3 is 2.81 bits per heavy atom. The van der Waals surface area contributed by atoms with E-state index >= 15 is 0 Å². The van der Waals surface area contributed by atoms with Gasteiger partial charge in [-0.1, -0.05) is 6.92 Å². The lowest BCUT2D eigenvalue weighted by molar-refractivity contribution is 0.0909. The van der Waals surface area contributed by atoms with E-state index in [2.05, 4.69) is 12.2 Å². The zero-order valence-electron chi connectivity index (χ0n) is 10.3. The molecule has 3 nitrogen and oxygen atoms in total. The number of aryl methyl sites for hydroxylation is 2. The number of hydrogen-bond acceptors (Lipinski definition) is 3. The fourth-order valence-corrected chi connectivity index (χ4v) is 2.59. The maximum atomic E-state index is 11.9. The molecular weight excluding hydrogens is 222 g/mol. The molecule has 0 saturated carbocycles.